The lowest BCUT2D eigenvalue weighted by molar-refractivity contribution is 0.0508. The zero-order valence-corrected chi connectivity index (χ0v) is 21.4. The van der Waals surface area contributed by atoms with Crippen molar-refractivity contribution in [2.24, 2.45) is 0 Å². The van der Waals surface area contributed by atoms with Crippen molar-refractivity contribution in [3.63, 3.8) is 0 Å². The van der Waals surface area contributed by atoms with Crippen molar-refractivity contribution in [3.8, 4) is 11.3 Å². The number of piperazine rings is 1. The predicted molar refractivity (Wildman–Crippen MR) is 137 cm³/mol. The van der Waals surface area contributed by atoms with E-state index in [-0.39, 0.29) is 42.7 Å². The smallest absolute Gasteiger partial charge is 0.291 e. The average Bonchev–Trinajstić information content (AvgIpc) is 3.33. The zero-order valence-electron chi connectivity index (χ0n) is 19.0. The van der Waals surface area contributed by atoms with E-state index in [9.17, 15) is 18.3 Å². The highest BCUT2D eigenvalue weighted by atomic mass is 35.5. The summed E-state index contributed by atoms with van der Waals surface area (Å²) >= 11 is 7.21. The van der Waals surface area contributed by atoms with E-state index in [1.54, 1.807) is 41.4 Å². The quantitative estimate of drug-likeness (QED) is 0.396. The SMILES string of the molecule is O=C(c1ncc(-c2ccccn2)cn1)N1CCN(S(=O)(=O)c2cc3ccc(Cl)cc3s2)CC1CCO. The van der Waals surface area contributed by atoms with Crippen molar-refractivity contribution in [1.29, 1.82) is 0 Å². The minimum Gasteiger partial charge on any atom is -0.396 e. The van der Waals surface area contributed by atoms with Crippen LogP contribution in [-0.2, 0) is 10.0 Å². The molecule has 0 saturated carbocycles. The zero-order chi connectivity index (χ0) is 25.3. The first kappa shape index (κ1) is 24.7. The van der Waals surface area contributed by atoms with Crippen LogP contribution in [0.1, 0.15) is 17.0 Å². The third kappa shape index (κ3) is 4.84. The summed E-state index contributed by atoms with van der Waals surface area (Å²) in [7, 11) is -3.79. The minimum atomic E-state index is -3.79. The fraction of sp³-hybridized carbons (Fsp3) is 0.250. The monoisotopic (exact) mass is 543 g/mol. The van der Waals surface area contributed by atoms with E-state index in [1.165, 1.54) is 16.7 Å². The van der Waals surface area contributed by atoms with Crippen LogP contribution in [0.4, 0.5) is 0 Å². The maximum absolute atomic E-state index is 13.4. The number of aromatic nitrogens is 3. The van der Waals surface area contributed by atoms with Gasteiger partial charge < -0.3 is 10.0 Å². The molecular weight excluding hydrogens is 522 g/mol. The van der Waals surface area contributed by atoms with Crippen LogP contribution in [0.15, 0.2) is 65.3 Å². The molecule has 0 aliphatic carbocycles. The lowest BCUT2D eigenvalue weighted by Crippen LogP contribution is -2.56. The lowest BCUT2D eigenvalue weighted by Gasteiger charge is -2.40. The number of hydrogen-bond donors (Lipinski definition) is 1. The van der Waals surface area contributed by atoms with E-state index in [0.717, 1.165) is 21.4 Å². The molecule has 0 radical (unpaired) electrons. The number of nitrogens with zero attached hydrogens (tertiary/aromatic N) is 5. The van der Waals surface area contributed by atoms with E-state index >= 15 is 0 Å². The molecule has 3 aromatic heterocycles. The highest BCUT2D eigenvalue weighted by Crippen LogP contribution is 2.33. The molecule has 5 rings (SSSR count). The maximum Gasteiger partial charge on any atom is 0.291 e. The molecule has 36 heavy (non-hydrogen) atoms. The van der Waals surface area contributed by atoms with Gasteiger partial charge in [0.05, 0.1) is 5.69 Å². The Morgan fingerprint density at radius 2 is 1.92 bits per heavy atom. The fourth-order valence-corrected chi connectivity index (χ4v) is 7.47. The number of thiophene rings is 1. The Balaban J connectivity index is 1.35. The number of rotatable bonds is 6. The Bertz CT molecular complexity index is 1500. The van der Waals surface area contributed by atoms with Crippen molar-refractivity contribution in [2.75, 3.05) is 26.2 Å². The van der Waals surface area contributed by atoms with Crippen molar-refractivity contribution < 1.29 is 18.3 Å². The lowest BCUT2D eigenvalue weighted by atomic mass is 10.1. The largest absolute Gasteiger partial charge is 0.396 e. The fourth-order valence-electron chi connectivity index (χ4n) is 4.18. The third-order valence-corrected chi connectivity index (χ3v) is 9.67. The summed E-state index contributed by atoms with van der Waals surface area (Å²) in [6.07, 6.45) is 4.97. The van der Waals surface area contributed by atoms with Crippen LogP contribution in [0.3, 0.4) is 0 Å². The minimum absolute atomic E-state index is 0.00955. The molecule has 1 atom stereocenters. The van der Waals surface area contributed by atoms with Crippen LogP contribution in [0.5, 0.6) is 0 Å². The van der Waals surface area contributed by atoms with Gasteiger partial charge in [-0.2, -0.15) is 4.31 Å². The van der Waals surface area contributed by atoms with Crippen LogP contribution in [0.25, 0.3) is 21.3 Å². The van der Waals surface area contributed by atoms with Crippen LogP contribution in [-0.4, -0.2) is 75.9 Å². The summed E-state index contributed by atoms with van der Waals surface area (Å²) in [4.78, 5) is 27.5. The molecule has 1 fully saturated rings. The topological polar surface area (TPSA) is 117 Å². The average molecular weight is 544 g/mol. The standard InChI is InChI=1S/C24H22ClN5O4S2/c25-18-5-4-16-11-22(35-21(16)12-18)36(33,34)29-8-9-30(19(15-29)6-10-31)24(32)23-27-13-17(14-28-23)20-3-1-2-7-26-20/h1-5,7,11-14,19,31H,6,8-10,15H2. The highest BCUT2D eigenvalue weighted by molar-refractivity contribution is 7.91. The summed E-state index contributed by atoms with van der Waals surface area (Å²) < 4.78 is 29.2. The van der Waals surface area contributed by atoms with Gasteiger partial charge in [0.2, 0.25) is 5.82 Å². The third-order valence-electron chi connectivity index (χ3n) is 6.03. The molecule has 9 nitrogen and oxygen atoms in total. The molecule has 12 heteroatoms. The van der Waals surface area contributed by atoms with E-state index < -0.39 is 22.0 Å². The second-order valence-corrected chi connectivity index (χ2v) is 12.0. The van der Waals surface area contributed by atoms with Gasteiger partial charge in [-0.15, -0.1) is 11.3 Å². The number of carbonyl (C=O) groups is 1. The first-order valence-corrected chi connectivity index (χ1v) is 13.8. The van der Waals surface area contributed by atoms with Crippen molar-refractivity contribution >= 4 is 49.0 Å². The summed E-state index contributed by atoms with van der Waals surface area (Å²) in [6.45, 7) is 0.153. The predicted octanol–water partition coefficient (Wildman–Crippen LogP) is 3.30. The van der Waals surface area contributed by atoms with Crippen molar-refractivity contribution in [1.82, 2.24) is 24.2 Å². The number of hydrogen-bond acceptors (Lipinski definition) is 8. The highest BCUT2D eigenvalue weighted by Gasteiger charge is 2.37. The molecule has 1 amide bonds. The molecule has 1 aromatic carbocycles. The van der Waals surface area contributed by atoms with Crippen molar-refractivity contribution in [3.05, 3.63) is 71.9 Å². The van der Waals surface area contributed by atoms with Crippen molar-refractivity contribution in [2.45, 2.75) is 16.7 Å². The normalized spacial score (nSPS) is 16.9. The first-order valence-electron chi connectivity index (χ1n) is 11.2. The van der Waals surface area contributed by atoms with Gasteiger partial charge in [-0.3, -0.25) is 9.78 Å². The Kier molecular flexibility index (Phi) is 7.00. The van der Waals surface area contributed by atoms with Gasteiger partial charge in [0.15, 0.2) is 0 Å². The molecule has 1 aliphatic rings. The second-order valence-electron chi connectivity index (χ2n) is 8.29. The molecule has 1 saturated heterocycles. The van der Waals surface area contributed by atoms with Gasteiger partial charge >= 0.3 is 0 Å². The maximum atomic E-state index is 13.4. The molecule has 1 unspecified atom stereocenters. The number of aliphatic hydroxyl groups excluding tert-OH is 1. The van der Waals surface area contributed by atoms with E-state index in [0.29, 0.717) is 16.3 Å². The van der Waals surface area contributed by atoms with E-state index in [1.807, 2.05) is 12.1 Å². The van der Waals surface area contributed by atoms with Gasteiger partial charge in [-0.25, -0.2) is 18.4 Å². The molecule has 0 bridgehead atoms. The number of aliphatic hydroxyl groups is 1. The molecular formula is C24H22ClN5O4S2. The Hall–Kier alpha value is -2.96. The Labute approximate surface area is 217 Å². The van der Waals surface area contributed by atoms with Gasteiger partial charge in [-0.1, -0.05) is 23.7 Å². The van der Waals surface area contributed by atoms with Gasteiger partial charge in [0.1, 0.15) is 4.21 Å². The Morgan fingerprint density at radius 1 is 1.11 bits per heavy atom. The number of carbonyl (C=O) groups excluding carboxylic acids is 1. The van der Waals surface area contributed by atoms with Gasteiger partial charge in [-0.05, 0) is 42.1 Å². The summed E-state index contributed by atoms with van der Waals surface area (Å²) in [5, 5.41) is 11.0. The molecule has 186 valence electrons. The number of fused-ring (bicyclic) bond motifs is 1. The molecule has 1 aliphatic heterocycles. The van der Waals surface area contributed by atoms with E-state index in [4.69, 9.17) is 11.6 Å². The summed E-state index contributed by atoms with van der Waals surface area (Å²) in [5.41, 5.74) is 1.37. The van der Waals surface area contributed by atoms with Crippen LogP contribution >= 0.6 is 22.9 Å². The molecule has 0 spiro atoms. The number of amides is 1. The molecule has 4 heterocycles. The number of halogens is 1. The first-order chi connectivity index (χ1) is 17.4. The Morgan fingerprint density at radius 3 is 2.64 bits per heavy atom. The van der Waals surface area contributed by atoms with Crippen LogP contribution in [0.2, 0.25) is 5.02 Å². The number of sulfonamides is 1. The summed E-state index contributed by atoms with van der Waals surface area (Å²) in [6, 6.07) is 11.8. The summed E-state index contributed by atoms with van der Waals surface area (Å²) in [5.74, 6) is -0.398. The van der Waals surface area contributed by atoms with Crippen LogP contribution in [0, 0.1) is 0 Å². The van der Waals surface area contributed by atoms with E-state index in [2.05, 4.69) is 15.0 Å². The second kappa shape index (κ2) is 10.2. The number of pyridine rings is 1. The van der Waals surface area contributed by atoms with Gasteiger partial charge in [0.25, 0.3) is 15.9 Å². The molecule has 4 aromatic rings. The number of benzene rings is 1. The van der Waals surface area contributed by atoms with Crippen LogP contribution < -0.4 is 0 Å². The molecule has 1 N–H and O–H groups in total. The van der Waals surface area contributed by atoms with Gasteiger partial charge in [0, 0.05) is 66.2 Å².